The molecule has 0 aliphatic rings. The lowest BCUT2D eigenvalue weighted by Gasteiger charge is -2.12. The molecule has 0 saturated carbocycles. The van der Waals surface area contributed by atoms with Gasteiger partial charge in [-0.25, -0.2) is 4.39 Å². The minimum atomic E-state index is -0.214. The van der Waals surface area contributed by atoms with Gasteiger partial charge < -0.3 is 10.1 Å². The summed E-state index contributed by atoms with van der Waals surface area (Å²) in [7, 11) is 0. The Hall–Kier alpha value is -1.87. The first-order valence-electron chi connectivity index (χ1n) is 7.22. The van der Waals surface area contributed by atoms with E-state index in [1.54, 1.807) is 19.1 Å². The van der Waals surface area contributed by atoms with Crippen molar-refractivity contribution in [3.63, 3.8) is 0 Å². The molecule has 0 spiro atoms. The Kier molecular flexibility index (Phi) is 4.97. The average Bonchev–Trinajstić information content (AvgIpc) is 2.43. The molecule has 0 radical (unpaired) electrons. The number of ether oxygens (including phenoxy) is 1. The Morgan fingerprint density at radius 2 is 1.81 bits per heavy atom. The van der Waals surface area contributed by atoms with Crippen LogP contribution in [0.3, 0.4) is 0 Å². The summed E-state index contributed by atoms with van der Waals surface area (Å²) in [4.78, 5) is 0. The third kappa shape index (κ3) is 4.30. The van der Waals surface area contributed by atoms with E-state index in [9.17, 15) is 4.39 Å². The van der Waals surface area contributed by atoms with Crippen LogP contribution in [0.2, 0.25) is 0 Å². The molecule has 3 heteroatoms. The van der Waals surface area contributed by atoms with Crippen molar-refractivity contribution < 1.29 is 9.13 Å². The highest BCUT2D eigenvalue weighted by atomic mass is 19.1. The van der Waals surface area contributed by atoms with Gasteiger partial charge in [0.15, 0.2) is 0 Å². The molecule has 2 aromatic rings. The van der Waals surface area contributed by atoms with Crippen LogP contribution < -0.4 is 10.1 Å². The summed E-state index contributed by atoms with van der Waals surface area (Å²) in [5.74, 6) is 1.24. The maximum absolute atomic E-state index is 13.3. The molecule has 112 valence electrons. The van der Waals surface area contributed by atoms with Crippen LogP contribution >= 0.6 is 0 Å². The summed E-state index contributed by atoms with van der Waals surface area (Å²) in [5.41, 5.74) is 2.88. The van der Waals surface area contributed by atoms with E-state index in [0.717, 1.165) is 17.9 Å². The molecule has 1 N–H and O–H groups in total. The average molecular weight is 287 g/mol. The van der Waals surface area contributed by atoms with Crippen LogP contribution in [0.25, 0.3) is 0 Å². The number of nitrogens with one attached hydrogen (secondary N) is 1. The number of hydrogen-bond acceptors (Lipinski definition) is 2. The fraction of sp³-hybridized carbons (Fsp3) is 0.333. The first-order chi connectivity index (χ1) is 9.95. The van der Waals surface area contributed by atoms with Gasteiger partial charge in [-0.1, -0.05) is 26.0 Å². The Labute approximate surface area is 126 Å². The first-order valence-corrected chi connectivity index (χ1v) is 7.22. The molecular formula is C18H22FNO. The summed E-state index contributed by atoms with van der Waals surface area (Å²) < 4.78 is 19.1. The van der Waals surface area contributed by atoms with E-state index in [1.165, 1.54) is 11.6 Å². The van der Waals surface area contributed by atoms with Gasteiger partial charge in [-0.2, -0.15) is 0 Å². The summed E-state index contributed by atoms with van der Waals surface area (Å²) >= 11 is 0. The van der Waals surface area contributed by atoms with Crippen molar-refractivity contribution >= 4 is 0 Å². The zero-order valence-corrected chi connectivity index (χ0v) is 13.0. The van der Waals surface area contributed by atoms with Gasteiger partial charge in [-0.3, -0.25) is 0 Å². The minimum absolute atomic E-state index is 0.214. The van der Waals surface area contributed by atoms with Crippen molar-refractivity contribution in [1.29, 1.82) is 0 Å². The minimum Gasteiger partial charge on any atom is -0.457 e. The van der Waals surface area contributed by atoms with Gasteiger partial charge in [-0.05, 0) is 54.8 Å². The fourth-order valence-corrected chi connectivity index (χ4v) is 2.07. The number of halogens is 1. The lowest BCUT2D eigenvalue weighted by molar-refractivity contribution is 0.475. The molecule has 0 bridgehead atoms. The van der Waals surface area contributed by atoms with E-state index in [-0.39, 0.29) is 5.82 Å². The monoisotopic (exact) mass is 287 g/mol. The molecule has 0 heterocycles. The van der Waals surface area contributed by atoms with Gasteiger partial charge in [0.1, 0.15) is 17.3 Å². The Morgan fingerprint density at radius 3 is 2.43 bits per heavy atom. The van der Waals surface area contributed by atoms with Crippen molar-refractivity contribution in [2.24, 2.45) is 0 Å². The quantitative estimate of drug-likeness (QED) is 0.858. The van der Waals surface area contributed by atoms with E-state index >= 15 is 0 Å². The predicted molar refractivity (Wildman–Crippen MR) is 84.4 cm³/mol. The molecule has 0 fully saturated rings. The molecule has 0 saturated heterocycles. The normalized spacial score (nSPS) is 11.0. The van der Waals surface area contributed by atoms with E-state index in [1.807, 2.05) is 19.1 Å². The molecule has 0 aliphatic heterocycles. The second kappa shape index (κ2) is 6.72. The highest BCUT2D eigenvalue weighted by Crippen LogP contribution is 2.27. The molecule has 2 rings (SSSR count). The third-order valence-corrected chi connectivity index (χ3v) is 3.31. The highest BCUT2D eigenvalue weighted by molar-refractivity contribution is 5.40. The number of benzene rings is 2. The second-order valence-corrected chi connectivity index (χ2v) is 5.65. The van der Waals surface area contributed by atoms with Crippen molar-refractivity contribution in [1.82, 2.24) is 5.32 Å². The number of hydrogen-bond donors (Lipinski definition) is 1. The van der Waals surface area contributed by atoms with Crippen LogP contribution in [0.4, 0.5) is 4.39 Å². The van der Waals surface area contributed by atoms with Gasteiger partial charge in [0.25, 0.3) is 0 Å². The van der Waals surface area contributed by atoms with E-state index < -0.39 is 0 Å². The van der Waals surface area contributed by atoms with Crippen LogP contribution in [0, 0.1) is 19.7 Å². The standard InChI is InChI=1S/C18H22FNO/c1-12(2)20-11-15-5-8-18(14(4)9-15)21-16-6-7-17(19)13(3)10-16/h5-10,12,20H,11H2,1-4H3. The lowest BCUT2D eigenvalue weighted by Crippen LogP contribution is -2.21. The molecule has 0 unspecified atom stereocenters. The largest absolute Gasteiger partial charge is 0.457 e. The van der Waals surface area contributed by atoms with Gasteiger partial charge in [0, 0.05) is 12.6 Å². The SMILES string of the molecule is Cc1cc(Oc2ccc(CNC(C)C)cc2C)ccc1F. The van der Waals surface area contributed by atoms with Crippen LogP contribution in [0.5, 0.6) is 11.5 Å². The molecule has 0 aliphatic carbocycles. The molecule has 0 atom stereocenters. The Bertz CT molecular complexity index is 623. The van der Waals surface area contributed by atoms with E-state index in [4.69, 9.17) is 4.74 Å². The Morgan fingerprint density at radius 1 is 1.05 bits per heavy atom. The summed E-state index contributed by atoms with van der Waals surface area (Å²) in [5, 5.41) is 3.39. The van der Waals surface area contributed by atoms with Crippen LogP contribution in [0.1, 0.15) is 30.5 Å². The summed E-state index contributed by atoms with van der Waals surface area (Å²) in [6, 6.07) is 11.4. The molecular weight excluding hydrogens is 265 g/mol. The molecule has 21 heavy (non-hydrogen) atoms. The van der Waals surface area contributed by atoms with Gasteiger partial charge >= 0.3 is 0 Å². The van der Waals surface area contributed by atoms with Crippen molar-refractivity contribution in [3.05, 3.63) is 58.9 Å². The maximum Gasteiger partial charge on any atom is 0.130 e. The number of rotatable bonds is 5. The fourth-order valence-electron chi connectivity index (χ4n) is 2.07. The van der Waals surface area contributed by atoms with Gasteiger partial charge in [-0.15, -0.1) is 0 Å². The maximum atomic E-state index is 13.3. The summed E-state index contributed by atoms with van der Waals surface area (Å²) in [6.45, 7) is 8.84. The molecule has 2 nitrogen and oxygen atoms in total. The Balaban J connectivity index is 2.11. The van der Waals surface area contributed by atoms with E-state index in [2.05, 4.69) is 25.2 Å². The van der Waals surface area contributed by atoms with Crippen molar-refractivity contribution in [2.75, 3.05) is 0 Å². The van der Waals surface area contributed by atoms with Crippen molar-refractivity contribution in [3.8, 4) is 11.5 Å². The third-order valence-electron chi connectivity index (χ3n) is 3.31. The second-order valence-electron chi connectivity index (χ2n) is 5.65. The predicted octanol–water partition coefficient (Wildman–Crippen LogP) is 4.73. The first kappa shape index (κ1) is 15.5. The smallest absolute Gasteiger partial charge is 0.130 e. The molecule has 0 aromatic heterocycles. The van der Waals surface area contributed by atoms with Gasteiger partial charge in [0.2, 0.25) is 0 Å². The molecule has 0 amide bonds. The van der Waals surface area contributed by atoms with Crippen LogP contribution in [0.15, 0.2) is 36.4 Å². The van der Waals surface area contributed by atoms with Crippen molar-refractivity contribution in [2.45, 2.75) is 40.3 Å². The lowest BCUT2D eigenvalue weighted by atomic mass is 10.1. The van der Waals surface area contributed by atoms with E-state index in [0.29, 0.717) is 17.4 Å². The highest BCUT2D eigenvalue weighted by Gasteiger charge is 2.05. The zero-order chi connectivity index (χ0) is 15.4. The number of aryl methyl sites for hydroxylation is 2. The topological polar surface area (TPSA) is 21.3 Å². The summed E-state index contributed by atoms with van der Waals surface area (Å²) in [6.07, 6.45) is 0. The van der Waals surface area contributed by atoms with Crippen LogP contribution in [-0.4, -0.2) is 6.04 Å². The zero-order valence-electron chi connectivity index (χ0n) is 13.0. The molecule has 2 aromatic carbocycles. The van der Waals surface area contributed by atoms with Gasteiger partial charge in [0.05, 0.1) is 0 Å². The van der Waals surface area contributed by atoms with Crippen LogP contribution in [-0.2, 0) is 6.54 Å².